The predicted octanol–water partition coefficient (Wildman–Crippen LogP) is 4.81. The second kappa shape index (κ2) is 7.30. The van der Waals surface area contributed by atoms with E-state index in [2.05, 4.69) is 15.2 Å². The number of Topliss-reactive ketones (excluding diaryl/α,β-unsaturated/α-hetero) is 1. The third-order valence-electron chi connectivity index (χ3n) is 5.15. The molecule has 1 saturated heterocycles. The molecule has 0 saturated carbocycles. The lowest BCUT2D eigenvalue weighted by Crippen LogP contribution is -2.24. The lowest BCUT2D eigenvalue weighted by Gasteiger charge is -2.25. The molecule has 0 unspecified atom stereocenters. The SMILES string of the molecule is CC(C)CC(=O)c1cnc2[nH]nc(N3CCC[C@@H]3c3cc(F)ccc3F)c2c1. The molecule has 4 rings (SSSR count). The molecule has 0 amide bonds. The number of rotatable bonds is 5. The highest BCUT2D eigenvalue weighted by Crippen LogP contribution is 2.39. The van der Waals surface area contributed by atoms with Crippen molar-refractivity contribution in [2.75, 3.05) is 11.4 Å². The van der Waals surface area contributed by atoms with Crippen LogP contribution in [0.5, 0.6) is 0 Å². The van der Waals surface area contributed by atoms with Gasteiger partial charge in [-0.05, 0) is 43.0 Å². The second-order valence-electron chi connectivity index (χ2n) is 7.71. The standard InChI is InChI=1S/C21H22F2N4O/c1-12(2)8-19(28)13-9-16-20(24-11-13)25-26-21(16)27-7-3-4-18(27)15-10-14(22)5-6-17(15)23/h5-6,9-12,18H,3-4,7-8H2,1-2H3,(H,24,25,26)/t18-/m1/s1. The highest BCUT2D eigenvalue weighted by atomic mass is 19.1. The molecule has 1 aliphatic heterocycles. The van der Waals surface area contributed by atoms with E-state index in [1.807, 2.05) is 18.7 Å². The van der Waals surface area contributed by atoms with Gasteiger partial charge in [0.1, 0.15) is 11.6 Å². The van der Waals surface area contributed by atoms with Crippen LogP contribution in [-0.2, 0) is 0 Å². The third kappa shape index (κ3) is 3.37. The largest absolute Gasteiger partial charge is 0.347 e. The number of fused-ring (bicyclic) bond motifs is 1. The van der Waals surface area contributed by atoms with Crippen LogP contribution in [0.2, 0.25) is 0 Å². The zero-order chi connectivity index (χ0) is 19.8. The van der Waals surface area contributed by atoms with Gasteiger partial charge in [0.05, 0.1) is 11.4 Å². The van der Waals surface area contributed by atoms with Gasteiger partial charge >= 0.3 is 0 Å². The van der Waals surface area contributed by atoms with Gasteiger partial charge in [0.15, 0.2) is 17.2 Å². The first kappa shape index (κ1) is 18.5. The number of carbonyl (C=O) groups is 1. The number of hydrogen-bond donors (Lipinski definition) is 1. The smallest absolute Gasteiger partial charge is 0.164 e. The van der Waals surface area contributed by atoms with Crippen LogP contribution in [0.25, 0.3) is 11.0 Å². The molecule has 3 aromatic rings. The fraction of sp³-hybridized carbons (Fsp3) is 0.381. The Bertz CT molecular complexity index is 1030. The Balaban J connectivity index is 1.73. The summed E-state index contributed by atoms with van der Waals surface area (Å²) in [6.07, 6.45) is 3.55. The number of H-pyrrole nitrogens is 1. The molecule has 1 atom stereocenters. The zero-order valence-corrected chi connectivity index (χ0v) is 15.9. The summed E-state index contributed by atoms with van der Waals surface area (Å²) in [5.41, 5.74) is 1.44. The number of hydrogen-bond acceptors (Lipinski definition) is 4. The molecule has 1 N–H and O–H groups in total. The molecule has 7 heteroatoms. The number of aromatic nitrogens is 3. The molecule has 5 nitrogen and oxygen atoms in total. The number of ketones is 1. The Hall–Kier alpha value is -2.83. The lowest BCUT2D eigenvalue weighted by atomic mass is 10.0. The molecular formula is C21H22F2N4O. The first-order valence-electron chi connectivity index (χ1n) is 9.53. The maximum absolute atomic E-state index is 14.4. The minimum atomic E-state index is -0.460. The molecule has 0 aliphatic carbocycles. The van der Waals surface area contributed by atoms with E-state index in [-0.39, 0.29) is 17.7 Å². The molecule has 0 radical (unpaired) electrons. The van der Waals surface area contributed by atoms with Gasteiger partial charge in [-0.3, -0.25) is 9.89 Å². The summed E-state index contributed by atoms with van der Waals surface area (Å²) in [7, 11) is 0. The van der Waals surface area contributed by atoms with Crippen LogP contribution in [-0.4, -0.2) is 27.5 Å². The maximum atomic E-state index is 14.4. The second-order valence-corrected chi connectivity index (χ2v) is 7.71. The van der Waals surface area contributed by atoms with Crippen molar-refractivity contribution in [1.82, 2.24) is 15.2 Å². The molecule has 2 aromatic heterocycles. The number of halogens is 2. The number of benzene rings is 1. The van der Waals surface area contributed by atoms with E-state index in [0.29, 0.717) is 42.0 Å². The summed E-state index contributed by atoms with van der Waals surface area (Å²) in [4.78, 5) is 18.7. The van der Waals surface area contributed by atoms with Crippen LogP contribution < -0.4 is 4.90 Å². The minimum absolute atomic E-state index is 0.0331. The Kier molecular flexibility index (Phi) is 4.83. The molecule has 146 valence electrons. The Morgan fingerprint density at radius 1 is 1.32 bits per heavy atom. The van der Waals surface area contributed by atoms with Crippen LogP contribution in [0.15, 0.2) is 30.5 Å². The van der Waals surface area contributed by atoms with Gasteiger partial charge < -0.3 is 4.90 Å². The van der Waals surface area contributed by atoms with Crippen LogP contribution >= 0.6 is 0 Å². The highest BCUT2D eigenvalue weighted by Gasteiger charge is 2.31. The topological polar surface area (TPSA) is 61.9 Å². The molecule has 3 heterocycles. The average Bonchev–Trinajstić information content (AvgIpc) is 3.28. The normalized spacial score (nSPS) is 17.0. The first-order valence-corrected chi connectivity index (χ1v) is 9.53. The van der Waals surface area contributed by atoms with Crippen LogP contribution in [0.1, 0.15) is 55.1 Å². The molecule has 28 heavy (non-hydrogen) atoms. The van der Waals surface area contributed by atoms with E-state index in [1.54, 1.807) is 12.3 Å². The van der Waals surface area contributed by atoms with Crippen molar-refractivity contribution in [1.29, 1.82) is 0 Å². The van der Waals surface area contributed by atoms with Crippen LogP contribution in [0.4, 0.5) is 14.6 Å². The summed E-state index contributed by atoms with van der Waals surface area (Å²) in [6.45, 7) is 4.66. The summed E-state index contributed by atoms with van der Waals surface area (Å²) in [6, 6.07) is 5.02. The highest BCUT2D eigenvalue weighted by molar-refractivity contribution is 6.00. The van der Waals surface area contributed by atoms with Crippen molar-refractivity contribution < 1.29 is 13.6 Å². The zero-order valence-electron chi connectivity index (χ0n) is 15.9. The van der Waals surface area contributed by atoms with Gasteiger partial charge in [-0.15, -0.1) is 0 Å². The van der Waals surface area contributed by atoms with E-state index in [4.69, 9.17) is 0 Å². The van der Waals surface area contributed by atoms with E-state index in [9.17, 15) is 13.6 Å². The van der Waals surface area contributed by atoms with E-state index in [1.165, 1.54) is 6.07 Å². The van der Waals surface area contributed by atoms with Gasteiger partial charge in [-0.1, -0.05) is 13.8 Å². The predicted molar refractivity (Wildman–Crippen MR) is 103 cm³/mol. The van der Waals surface area contributed by atoms with Crippen molar-refractivity contribution in [2.24, 2.45) is 5.92 Å². The van der Waals surface area contributed by atoms with E-state index >= 15 is 0 Å². The first-order chi connectivity index (χ1) is 13.4. The molecule has 1 fully saturated rings. The number of nitrogens with one attached hydrogen (secondary N) is 1. The Morgan fingerprint density at radius 2 is 2.14 bits per heavy atom. The fourth-order valence-corrected chi connectivity index (χ4v) is 3.86. The van der Waals surface area contributed by atoms with Crippen molar-refractivity contribution in [3.8, 4) is 0 Å². The van der Waals surface area contributed by atoms with Crippen molar-refractivity contribution in [3.63, 3.8) is 0 Å². The van der Waals surface area contributed by atoms with Crippen molar-refractivity contribution >= 4 is 22.6 Å². The average molecular weight is 384 g/mol. The monoisotopic (exact) mass is 384 g/mol. The fourth-order valence-electron chi connectivity index (χ4n) is 3.86. The number of nitrogens with zero attached hydrogens (tertiary/aromatic N) is 3. The summed E-state index contributed by atoms with van der Waals surface area (Å²) < 4.78 is 28.1. The van der Waals surface area contributed by atoms with E-state index < -0.39 is 11.6 Å². The number of carbonyl (C=O) groups excluding carboxylic acids is 1. The van der Waals surface area contributed by atoms with Crippen molar-refractivity contribution in [2.45, 2.75) is 39.2 Å². The van der Waals surface area contributed by atoms with E-state index in [0.717, 1.165) is 23.9 Å². The molecule has 1 aliphatic rings. The summed E-state index contributed by atoms with van der Waals surface area (Å²) in [5, 5.41) is 7.99. The lowest BCUT2D eigenvalue weighted by molar-refractivity contribution is 0.0967. The summed E-state index contributed by atoms with van der Waals surface area (Å²) >= 11 is 0. The van der Waals surface area contributed by atoms with Crippen LogP contribution in [0.3, 0.4) is 0 Å². The Labute approximate surface area is 161 Å². The minimum Gasteiger partial charge on any atom is -0.347 e. The number of aromatic amines is 1. The summed E-state index contributed by atoms with van der Waals surface area (Å²) in [5.74, 6) is 0.0203. The van der Waals surface area contributed by atoms with Gasteiger partial charge in [-0.25, -0.2) is 13.8 Å². The van der Waals surface area contributed by atoms with Gasteiger partial charge in [0.2, 0.25) is 0 Å². The van der Waals surface area contributed by atoms with Gasteiger partial charge in [0.25, 0.3) is 0 Å². The number of anilines is 1. The van der Waals surface area contributed by atoms with Crippen molar-refractivity contribution in [3.05, 3.63) is 53.2 Å². The molecular weight excluding hydrogens is 362 g/mol. The molecule has 1 aromatic carbocycles. The molecule has 0 bridgehead atoms. The maximum Gasteiger partial charge on any atom is 0.164 e. The quantitative estimate of drug-likeness (QED) is 0.642. The van der Waals surface area contributed by atoms with Gasteiger partial charge in [0, 0.05) is 30.3 Å². The Morgan fingerprint density at radius 3 is 2.93 bits per heavy atom. The number of pyridine rings is 1. The third-order valence-corrected chi connectivity index (χ3v) is 5.15. The molecule has 0 spiro atoms. The van der Waals surface area contributed by atoms with Crippen LogP contribution in [0, 0.1) is 17.6 Å². The van der Waals surface area contributed by atoms with Gasteiger partial charge in [-0.2, -0.15) is 5.10 Å².